The summed E-state index contributed by atoms with van der Waals surface area (Å²) in [4.78, 5) is 6.56. The zero-order valence-electron chi connectivity index (χ0n) is 17.3. The van der Waals surface area contributed by atoms with Gasteiger partial charge in [-0.05, 0) is 19.1 Å². The molecule has 31 heavy (non-hydrogen) atoms. The number of aliphatic hydroxyl groups excluding tert-OH is 1. The monoisotopic (exact) mass is 420 g/mol. The minimum Gasteiger partial charge on any atom is -0.486 e. The van der Waals surface area contributed by atoms with Crippen LogP contribution < -0.4 is 15.0 Å². The van der Waals surface area contributed by atoms with Gasteiger partial charge in [-0.2, -0.15) is 10.4 Å². The molecule has 1 aromatic carbocycles. The van der Waals surface area contributed by atoms with Crippen molar-refractivity contribution in [3.63, 3.8) is 0 Å². The molecule has 2 unspecified atom stereocenters. The molecule has 1 fully saturated rings. The highest BCUT2D eigenvalue weighted by Crippen LogP contribution is 2.43. The van der Waals surface area contributed by atoms with Crippen molar-refractivity contribution in [3.05, 3.63) is 47.9 Å². The zero-order chi connectivity index (χ0) is 21.4. The van der Waals surface area contributed by atoms with Crippen LogP contribution >= 0.6 is 0 Å². The van der Waals surface area contributed by atoms with Gasteiger partial charge in [0.15, 0.2) is 11.9 Å². The maximum atomic E-state index is 11.0. The van der Waals surface area contributed by atoms with E-state index >= 15 is 0 Å². The molecule has 0 aliphatic carbocycles. The van der Waals surface area contributed by atoms with Crippen molar-refractivity contribution in [3.8, 4) is 11.8 Å². The Labute approximate surface area is 179 Å². The smallest absolute Gasteiger partial charge is 0.162 e. The summed E-state index contributed by atoms with van der Waals surface area (Å²) >= 11 is 0. The molecule has 0 saturated carbocycles. The molecule has 9 heteroatoms. The lowest BCUT2D eigenvalue weighted by Gasteiger charge is -2.31. The first kappa shape index (κ1) is 19.6. The quantitative estimate of drug-likeness (QED) is 0.606. The fraction of sp³-hybridized carbons (Fsp3) is 0.409. The Hall–Kier alpha value is -3.35. The molecule has 0 amide bonds. The van der Waals surface area contributed by atoms with Crippen molar-refractivity contribution in [1.82, 2.24) is 14.6 Å². The van der Waals surface area contributed by atoms with Gasteiger partial charge < -0.3 is 24.8 Å². The molecule has 4 heterocycles. The molecule has 3 aromatic rings. The summed E-state index contributed by atoms with van der Waals surface area (Å²) in [6, 6.07) is 8.04. The second-order valence-electron chi connectivity index (χ2n) is 8.17. The van der Waals surface area contributed by atoms with Crippen molar-refractivity contribution in [2.75, 3.05) is 36.5 Å². The van der Waals surface area contributed by atoms with Gasteiger partial charge >= 0.3 is 0 Å². The topological polar surface area (TPSA) is 108 Å². The van der Waals surface area contributed by atoms with Gasteiger partial charge in [-0.3, -0.25) is 0 Å². The highest BCUT2D eigenvalue weighted by atomic mass is 16.5. The molecule has 9 nitrogen and oxygen atoms in total. The number of hydrogen-bond acceptors (Lipinski definition) is 8. The Morgan fingerprint density at radius 2 is 2.19 bits per heavy atom. The third kappa shape index (κ3) is 3.65. The second-order valence-corrected chi connectivity index (χ2v) is 8.17. The number of fused-ring (bicyclic) bond motifs is 2. The summed E-state index contributed by atoms with van der Waals surface area (Å²) in [6.45, 7) is 4.74. The molecule has 2 N–H and O–H groups in total. The summed E-state index contributed by atoms with van der Waals surface area (Å²) in [6.07, 6.45) is 5.05. The number of ether oxygens (including phenoxy) is 2. The highest BCUT2D eigenvalue weighted by molar-refractivity contribution is 5.75. The third-order valence-corrected chi connectivity index (χ3v) is 5.80. The van der Waals surface area contributed by atoms with E-state index in [1.54, 1.807) is 29.2 Å². The number of aromatic nitrogens is 3. The van der Waals surface area contributed by atoms with Crippen LogP contribution in [0.25, 0.3) is 5.65 Å². The van der Waals surface area contributed by atoms with Crippen LogP contribution in [-0.2, 0) is 11.2 Å². The molecular weight excluding hydrogens is 396 g/mol. The summed E-state index contributed by atoms with van der Waals surface area (Å²) in [7, 11) is 0. The Kier molecular flexibility index (Phi) is 4.88. The molecule has 2 atom stereocenters. The Balaban J connectivity index is 1.50. The van der Waals surface area contributed by atoms with Crippen LogP contribution in [-0.4, -0.2) is 51.6 Å². The fourth-order valence-corrected chi connectivity index (χ4v) is 4.26. The molecule has 0 radical (unpaired) electrons. The lowest BCUT2D eigenvalue weighted by Crippen LogP contribution is -2.36. The van der Waals surface area contributed by atoms with Gasteiger partial charge in [-0.25, -0.2) is 9.50 Å². The Morgan fingerprint density at radius 3 is 3.00 bits per heavy atom. The van der Waals surface area contributed by atoms with Gasteiger partial charge in [0.2, 0.25) is 0 Å². The van der Waals surface area contributed by atoms with Gasteiger partial charge in [0, 0.05) is 43.5 Å². The molecule has 2 aliphatic heterocycles. The first-order valence-electron chi connectivity index (χ1n) is 10.3. The molecule has 1 saturated heterocycles. The third-order valence-electron chi connectivity index (χ3n) is 5.80. The maximum absolute atomic E-state index is 11.0. The second kappa shape index (κ2) is 7.72. The predicted octanol–water partition coefficient (Wildman–Crippen LogP) is 2.28. The van der Waals surface area contributed by atoms with Crippen molar-refractivity contribution < 1.29 is 14.6 Å². The van der Waals surface area contributed by atoms with Crippen molar-refractivity contribution in [2.24, 2.45) is 0 Å². The number of nitrogens with one attached hydrogen (secondary N) is 1. The Morgan fingerprint density at radius 1 is 1.35 bits per heavy atom. The van der Waals surface area contributed by atoms with Gasteiger partial charge in [0.1, 0.15) is 11.4 Å². The van der Waals surface area contributed by atoms with E-state index in [9.17, 15) is 10.4 Å². The number of benzene rings is 1. The molecule has 0 bridgehead atoms. The van der Waals surface area contributed by atoms with Crippen LogP contribution in [0.5, 0.6) is 5.75 Å². The average molecular weight is 420 g/mol. The van der Waals surface area contributed by atoms with Crippen LogP contribution in [0.15, 0.2) is 36.8 Å². The van der Waals surface area contributed by atoms with Gasteiger partial charge in [0.25, 0.3) is 0 Å². The first-order chi connectivity index (χ1) is 15.1. The van der Waals surface area contributed by atoms with E-state index in [0.717, 1.165) is 35.8 Å². The fourth-order valence-electron chi connectivity index (χ4n) is 4.26. The summed E-state index contributed by atoms with van der Waals surface area (Å²) in [5.74, 6) is 0.789. The van der Waals surface area contributed by atoms with Gasteiger partial charge in [0.05, 0.1) is 48.8 Å². The van der Waals surface area contributed by atoms with Gasteiger partial charge in [-0.1, -0.05) is 0 Å². The molecule has 2 aromatic heterocycles. The SMILES string of the molecule is CC1(CC#N)Cc2cc(NC(O)c3cnn4cccnc34)c(N3CCOCC3)cc2O1. The van der Waals surface area contributed by atoms with Crippen LogP contribution in [0.1, 0.15) is 30.7 Å². The van der Waals surface area contributed by atoms with E-state index in [4.69, 9.17) is 9.47 Å². The average Bonchev–Trinajstić information content (AvgIpc) is 3.34. The van der Waals surface area contributed by atoms with Crippen LogP contribution in [0, 0.1) is 11.3 Å². The van der Waals surface area contributed by atoms with Crippen LogP contribution in [0.4, 0.5) is 11.4 Å². The first-order valence-corrected chi connectivity index (χ1v) is 10.3. The van der Waals surface area contributed by atoms with E-state index in [-0.39, 0.29) is 0 Å². The lowest BCUT2D eigenvalue weighted by atomic mass is 9.96. The number of nitrogens with zero attached hydrogens (tertiary/aromatic N) is 5. The predicted molar refractivity (Wildman–Crippen MR) is 114 cm³/mol. The minimum atomic E-state index is -0.988. The van der Waals surface area contributed by atoms with E-state index in [1.165, 1.54) is 0 Å². The largest absolute Gasteiger partial charge is 0.486 e. The highest BCUT2D eigenvalue weighted by Gasteiger charge is 2.36. The zero-order valence-corrected chi connectivity index (χ0v) is 17.3. The summed E-state index contributed by atoms with van der Waals surface area (Å²) in [5.41, 5.74) is 3.41. The lowest BCUT2D eigenvalue weighted by molar-refractivity contribution is 0.120. The van der Waals surface area contributed by atoms with E-state index in [1.807, 2.05) is 19.1 Å². The molecule has 160 valence electrons. The maximum Gasteiger partial charge on any atom is 0.162 e. The number of nitriles is 1. The number of morpholine rings is 1. The minimum absolute atomic E-state index is 0.314. The summed E-state index contributed by atoms with van der Waals surface area (Å²) < 4.78 is 13.3. The molecule has 0 spiro atoms. The molecule has 5 rings (SSSR count). The van der Waals surface area contributed by atoms with Crippen LogP contribution in [0.3, 0.4) is 0 Å². The number of hydrogen-bond donors (Lipinski definition) is 2. The Bertz CT molecular complexity index is 1150. The van der Waals surface area contributed by atoms with Crippen LogP contribution in [0.2, 0.25) is 0 Å². The van der Waals surface area contributed by atoms with E-state index in [0.29, 0.717) is 37.3 Å². The van der Waals surface area contributed by atoms with Crippen molar-refractivity contribution in [1.29, 1.82) is 5.26 Å². The van der Waals surface area contributed by atoms with E-state index < -0.39 is 11.8 Å². The molecule has 2 aliphatic rings. The summed E-state index contributed by atoms with van der Waals surface area (Å²) in [5, 5.41) is 27.7. The standard InChI is InChI=1S/C22H24N6O3/c1-22(3-4-23)13-15-11-17(18(12-19(15)31-22)27-7-9-30-10-8-27)26-21(29)16-14-25-28-6-2-5-24-20(16)28/h2,5-6,11-12,14,21,26,29H,3,7-10,13H2,1H3. The number of aliphatic hydroxyl groups is 1. The van der Waals surface area contributed by atoms with E-state index in [2.05, 4.69) is 26.4 Å². The van der Waals surface area contributed by atoms with Crippen molar-refractivity contribution in [2.45, 2.75) is 31.6 Å². The number of anilines is 2. The number of rotatable bonds is 5. The normalized spacial score (nSPS) is 21.4. The molecular formula is C22H24N6O3. The van der Waals surface area contributed by atoms with Crippen molar-refractivity contribution >= 4 is 17.0 Å². The van der Waals surface area contributed by atoms with Gasteiger partial charge in [-0.15, -0.1) is 0 Å².